The first-order valence-electron chi connectivity index (χ1n) is 12.8. The van der Waals surface area contributed by atoms with Crippen molar-refractivity contribution in [3.63, 3.8) is 0 Å². The van der Waals surface area contributed by atoms with E-state index in [0.717, 1.165) is 66.1 Å². The summed E-state index contributed by atoms with van der Waals surface area (Å²) in [5.41, 5.74) is 6.62. The first kappa shape index (κ1) is 22.2. The molecule has 6 heteroatoms. The second-order valence-electron chi connectivity index (χ2n) is 10.3. The Kier molecular flexibility index (Phi) is 5.56. The van der Waals surface area contributed by atoms with Gasteiger partial charge in [-0.15, -0.1) is 0 Å². The van der Waals surface area contributed by atoms with E-state index in [-0.39, 0.29) is 18.6 Å². The van der Waals surface area contributed by atoms with Gasteiger partial charge in [0.25, 0.3) is 0 Å². The summed E-state index contributed by atoms with van der Waals surface area (Å²) in [6.45, 7) is 4.94. The number of benzene rings is 2. The zero-order valence-electron chi connectivity index (χ0n) is 20.5. The van der Waals surface area contributed by atoms with Crippen molar-refractivity contribution < 1.29 is 14.3 Å². The number of fused-ring (bicyclic) bond motifs is 3. The van der Waals surface area contributed by atoms with Gasteiger partial charge in [-0.2, -0.15) is 0 Å². The number of amides is 1. The van der Waals surface area contributed by atoms with Crippen LogP contribution in [0.25, 0.3) is 11.3 Å². The van der Waals surface area contributed by atoms with Gasteiger partial charge in [0, 0.05) is 46.8 Å². The van der Waals surface area contributed by atoms with Gasteiger partial charge in [0.2, 0.25) is 5.91 Å². The fourth-order valence-electron chi connectivity index (χ4n) is 6.28. The van der Waals surface area contributed by atoms with Crippen LogP contribution in [0.1, 0.15) is 42.6 Å². The van der Waals surface area contributed by atoms with E-state index >= 15 is 0 Å². The number of piperidine rings is 1. The first-order chi connectivity index (χ1) is 17.0. The Labute approximate surface area is 206 Å². The zero-order valence-corrected chi connectivity index (χ0v) is 20.5. The molecule has 6 rings (SSSR count). The molecule has 2 fully saturated rings. The van der Waals surface area contributed by atoms with E-state index in [9.17, 15) is 9.90 Å². The van der Waals surface area contributed by atoms with Crippen molar-refractivity contribution in [3.05, 3.63) is 65.4 Å². The van der Waals surface area contributed by atoms with E-state index < -0.39 is 0 Å². The van der Waals surface area contributed by atoms with E-state index in [0.29, 0.717) is 18.6 Å². The number of aliphatic hydroxyl groups excluding tert-OH is 1. The molecule has 3 aliphatic heterocycles. The summed E-state index contributed by atoms with van der Waals surface area (Å²) in [6, 6.07) is 17.3. The number of hydrogen-bond donors (Lipinski definition) is 2. The maximum Gasteiger partial charge on any atom is 0.246 e. The summed E-state index contributed by atoms with van der Waals surface area (Å²) in [4.78, 5) is 17.8. The van der Waals surface area contributed by atoms with Gasteiger partial charge in [-0.25, -0.2) is 0 Å². The van der Waals surface area contributed by atoms with E-state index in [1.165, 1.54) is 11.3 Å². The van der Waals surface area contributed by atoms with Crippen LogP contribution in [0.3, 0.4) is 0 Å². The number of nitrogens with zero attached hydrogens (tertiary/aromatic N) is 2. The monoisotopic (exact) mass is 471 g/mol. The SMILES string of the molecule is Cc1ccc(-c2ccc(C)c(NCC(=O)N3CCc4c3cccc4N3C4CCC3CC(O)C4)c2)o1. The Morgan fingerprint density at radius 1 is 1.06 bits per heavy atom. The Bertz CT molecular complexity index is 1250. The van der Waals surface area contributed by atoms with Gasteiger partial charge in [-0.05, 0) is 81.8 Å². The van der Waals surface area contributed by atoms with Crippen molar-refractivity contribution in [3.8, 4) is 11.3 Å². The summed E-state index contributed by atoms with van der Waals surface area (Å²) < 4.78 is 5.78. The molecule has 0 aliphatic carbocycles. The van der Waals surface area contributed by atoms with Gasteiger partial charge in [0.05, 0.1) is 12.6 Å². The van der Waals surface area contributed by atoms with Gasteiger partial charge in [-0.3, -0.25) is 4.79 Å². The van der Waals surface area contributed by atoms with Gasteiger partial charge in [0.1, 0.15) is 11.5 Å². The largest absolute Gasteiger partial charge is 0.461 e. The van der Waals surface area contributed by atoms with Crippen molar-refractivity contribution in [1.82, 2.24) is 0 Å². The van der Waals surface area contributed by atoms with E-state index in [1.54, 1.807) is 0 Å². The van der Waals surface area contributed by atoms with Crippen LogP contribution in [0.2, 0.25) is 0 Å². The zero-order chi connectivity index (χ0) is 24.1. The number of furan rings is 1. The molecule has 0 spiro atoms. The molecule has 2 unspecified atom stereocenters. The van der Waals surface area contributed by atoms with Crippen LogP contribution >= 0.6 is 0 Å². The Hall–Kier alpha value is -3.25. The number of rotatable bonds is 5. The number of aryl methyl sites for hydroxylation is 2. The molecule has 6 nitrogen and oxygen atoms in total. The summed E-state index contributed by atoms with van der Waals surface area (Å²) >= 11 is 0. The average Bonchev–Trinajstić information content (AvgIpc) is 3.54. The Balaban J connectivity index is 1.19. The molecule has 2 bridgehead atoms. The van der Waals surface area contributed by atoms with Crippen molar-refractivity contribution in [2.75, 3.05) is 28.2 Å². The predicted octanol–water partition coefficient (Wildman–Crippen LogP) is 5.06. The summed E-state index contributed by atoms with van der Waals surface area (Å²) in [7, 11) is 0. The van der Waals surface area contributed by atoms with E-state index in [4.69, 9.17) is 4.42 Å². The summed E-state index contributed by atoms with van der Waals surface area (Å²) in [6.07, 6.45) is 4.69. The Morgan fingerprint density at radius 3 is 2.57 bits per heavy atom. The summed E-state index contributed by atoms with van der Waals surface area (Å²) in [5.74, 6) is 1.79. The number of hydrogen-bond acceptors (Lipinski definition) is 5. The highest BCUT2D eigenvalue weighted by Gasteiger charge is 2.42. The molecule has 4 heterocycles. The van der Waals surface area contributed by atoms with Crippen LogP contribution in [0.15, 0.2) is 52.9 Å². The van der Waals surface area contributed by atoms with Gasteiger partial charge < -0.3 is 24.6 Å². The number of aliphatic hydroxyl groups is 1. The van der Waals surface area contributed by atoms with Crippen LogP contribution in [0.5, 0.6) is 0 Å². The molecule has 2 N–H and O–H groups in total. The molecule has 182 valence electrons. The lowest BCUT2D eigenvalue weighted by molar-refractivity contribution is -0.116. The summed E-state index contributed by atoms with van der Waals surface area (Å²) in [5, 5.41) is 13.6. The van der Waals surface area contributed by atoms with Crippen LogP contribution in [0.4, 0.5) is 17.1 Å². The van der Waals surface area contributed by atoms with Crippen molar-refractivity contribution in [2.45, 2.75) is 64.1 Å². The maximum absolute atomic E-state index is 13.3. The van der Waals surface area contributed by atoms with E-state index in [1.807, 2.05) is 36.9 Å². The molecule has 2 saturated heterocycles. The fourth-order valence-corrected chi connectivity index (χ4v) is 6.28. The molecule has 3 aliphatic rings. The number of carbonyl (C=O) groups is 1. The lowest BCUT2D eigenvalue weighted by atomic mass is 9.97. The lowest BCUT2D eigenvalue weighted by Crippen LogP contribution is -2.45. The third-order valence-electron chi connectivity index (χ3n) is 7.98. The molecule has 0 radical (unpaired) electrons. The van der Waals surface area contributed by atoms with Crippen LogP contribution < -0.4 is 15.1 Å². The van der Waals surface area contributed by atoms with Crippen molar-refractivity contribution in [2.24, 2.45) is 0 Å². The van der Waals surface area contributed by atoms with Gasteiger partial charge in [-0.1, -0.05) is 18.2 Å². The molecule has 35 heavy (non-hydrogen) atoms. The van der Waals surface area contributed by atoms with E-state index in [2.05, 4.69) is 40.5 Å². The van der Waals surface area contributed by atoms with Crippen LogP contribution in [-0.4, -0.2) is 42.3 Å². The quantitative estimate of drug-likeness (QED) is 0.545. The maximum atomic E-state index is 13.3. The number of carbonyl (C=O) groups excluding carboxylic acids is 1. The number of nitrogens with one attached hydrogen (secondary N) is 1. The first-order valence-corrected chi connectivity index (χ1v) is 12.8. The predicted molar refractivity (Wildman–Crippen MR) is 139 cm³/mol. The second kappa shape index (κ2) is 8.76. The van der Waals surface area contributed by atoms with Gasteiger partial charge >= 0.3 is 0 Å². The van der Waals surface area contributed by atoms with Crippen molar-refractivity contribution >= 4 is 23.0 Å². The average molecular weight is 472 g/mol. The minimum Gasteiger partial charge on any atom is -0.461 e. The molecule has 3 aromatic rings. The number of anilines is 3. The highest BCUT2D eigenvalue weighted by molar-refractivity contribution is 5.99. The third kappa shape index (κ3) is 4.00. The minimum absolute atomic E-state index is 0.0802. The van der Waals surface area contributed by atoms with Crippen molar-refractivity contribution in [1.29, 1.82) is 0 Å². The third-order valence-corrected chi connectivity index (χ3v) is 7.98. The Morgan fingerprint density at radius 2 is 1.83 bits per heavy atom. The second-order valence-corrected chi connectivity index (χ2v) is 10.3. The highest BCUT2D eigenvalue weighted by atomic mass is 16.3. The molecule has 1 amide bonds. The molecule has 2 aromatic carbocycles. The fraction of sp³-hybridized carbons (Fsp3) is 0.414. The molecular formula is C29H33N3O3. The highest BCUT2D eigenvalue weighted by Crippen LogP contribution is 2.44. The normalized spacial score (nSPS) is 23.0. The molecule has 2 atom stereocenters. The molecule has 0 saturated carbocycles. The molecular weight excluding hydrogens is 438 g/mol. The lowest BCUT2D eigenvalue weighted by Gasteiger charge is -2.40. The van der Waals surface area contributed by atoms with Crippen LogP contribution in [0, 0.1) is 13.8 Å². The minimum atomic E-state index is -0.177. The van der Waals surface area contributed by atoms with Gasteiger partial charge in [0.15, 0.2) is 0 Å². The standard InChI is InChI=1S/C29H33N3O3/c1-18-6-8-20(28-11-7-19(2)35-28)14-25(18)30-17-29(34)31-13-12-24-26(31)4-3-5-27(24)32-21-9-10-22(32)16-23(33)15-21/h3-8,11,14,21-23,30,33H,9-10,12-13,15-17H2,1-2H3. The topological polar surface area (TPSA) is 69.0 Å². The smallest absolute Gasteiger partial charge is 0.246 e. The molecule has 1 aromatic heterocycles. The van der Waals surface area contributed by atoms with Crippen LogP contribution in [-0.2, 0) is 11.2 Å².